The third-order valence-corrected chi connectivity index (χ3v) is 2.12. The lowest BCUT2D eigenvalue weighted by molar-refractivity contribution is -0.139. The summed E-state index contributed by atoms with van der Waals surface area (Å²) in [4.78, 5) is 14.7. The van der Waals surface area contributed by atoms with Crippen LogP contribution in [0.25, 0.3) is 0 Å². The molecule has 2 rings (SSSR count). The highest BCUT2D eigenvalue weighted by Crippen LogP contribution is 2.24. The number of fused-ring (bicyclic) bond motifs is 1. The lowest BCUT2D eigenvalue weighted by Crippen LogP contribution is -2.22. The molecular weight excluding hydrogens is 158 g/mol. The molecule has 0 saturated heterocycles. The lowest BCUT2D eigenvalue weighted by Gasteiger charge is -2.17. The van der Waals surface area contributed by atoms with Crippen LogP contribution in [0, 0.1) is 0 Å². The third kappa shape index (κ3) is 0.975. The molecule has 0 saturated carbocycles. The van der Waals surface area contributed by atoms with Crippen molar-refractivity contribution in [3.8, 4) is 0 Å². The normalized spacial score (nSPS) is 21.8. The van der Waals surface area contributed by atoms with Gasteiger partial charge in [0.1, 0.15) is 18.1 Å². The van der Waals surface area contributed by atoms with E-state index >= 15 is 0 Å². The molecule has 0 aromatic carbocycles. The lowest BCUT2D eigenvalue weighted by atomic mass is 10.00. The van der Waals surface area contributed by atoms with Crippen LogP contribution < -0.4 is 0 Å². The molecule has 1 N–H and O–H groups in total. The van der Waals surface area contributed by atoms with Gasteiger partial charge in [-0.05, 0) is 12.8 Å². The number of carboxylic acids is 1. The van der Waals surface area contributed by atoms with Crippen molar-refractivity contribution in [2.24, 2.45) is 0 Å². The van der Waals surface area contributed by atoms with Gasteiger partial charge in [0.15, 0.2) is 0 Å². The first kappa shape index (κ1) is 7.27. The van der Waals surface area contributed by atoms with E-state index in [1.165, 1.54) is 6.33 Å². The number of aliphatic carboxylic acids is 1. The minimum Gasteiger partial charge on any atom is -0.481 e. The highest BCUT2D eigenvalue weighted by Gasteiger charge is 2.27. The van der Waals surface area contributed by atoms with Gasteiger partial charge in [0.2, 0.25) is 0 Å². The maximum Gasteiger partial charge on any atom is 0.314 e. The Kier molecular flexibility index (Phi) is 1.56. The van der Waals surface area contributed by atoms with Gasteiger partial charge in [-0.15, -0.1) is 0 Å². The Morgan fingerprint density at radius 2 is 2.58 bits per heavy atom. The number of aryl methyl sites for hydroxylation is 1. The first-order valence-corrected chi connectivity index (χ1v) is 3.89. The number of aromatic nitrogens is 3. The molecule has 0 radical (unpaired) electrons. The van der Waals surface area contributed by atoms with E-state index in [1.54, 1.807) is 4.68 Å². The number of hydrogen-bond donors (Lipinski definition) is 1. The molecule has 12 heavy (non-hydrogen) atoms. The van der Waals surface area contributed by atoms with E-state index in [0.29, 0.717) is 12.2 Å². The summed E-state index contributed by atoms with van der Waals surface area (Å²) in [5.74, 6) is -0.668. The summed E-state index contributed by atoms with van der Waals surface area (Å²) in [5.41, 5.74) is 0. The van der Waals surface area contributed by atoms with Crippen molar-refractivity contribution >= 4 is 5.97 Å². The van der Waals surface area contributed by atoms with Crippen molar-refractivity contribution < 1.29 is 9.90 Å². The van der Waals surface area contributed by atoms with Crippen LogP contribution in [0.4, 0.5) is 0 Å². The van der Waals surface area contributed by atoms with Crippen LogP contribution in [-0.2, 0) is 11.3 Å². The summed E-state index contributed by atoms with van der Waals surface area (Å²) in [6, 6.07) is 0. The molecule has 0 fully saturated rings. The maximum atomic E-state index is 10.7. The molecule has 1 unspecified atom stereocenters. The third-order valence-electron chi connectivity index (χ3n) is 2.12. The first-order chi connectivity index (χ1) is 5.79. The minimum atomic E-state index is -0.802. The average Bonchev–Trinajstić information content (AvgIpc) is 2.49. The van der Waals surface area contributed by atoms with Gasteiger partial charge in [0.05, 0.1) is 0 Å². The Balaban J connectivity index is 2.37. The second kappa shape index (κ2) is 2.58. The molecule has 1 atom stereocenters. The molecule has 5 nitrogen and oxygen atoms in total. The molecule has 0 bridgehead atoms. The molecule has 64 valence electrons. The smallest absolute Gasteiger partial charge is 0.314 e. The van der Waals surface area contributed by atoms with E-state index < -0.39 is 11.9 Å². The van der Waals surface area contributed by atoms with Gasteiger partial charge in [0.25, 0.3) is 0 Å². The number of nitrogens with zero attached hydrogens (tertiary/aromatic N) is 3. The van der Waals surface area contributed by atoms with E-state index in [9.17, 15) is 4.79 Å². The van der Waals surface area contributed by atoms with Crippen LogP contribution in [0.15, 0.2) is 6.33 Å². The fourth-order valence-electron chi connectivity index (χ4n) is 1.52. The Bertz CT molecular complexity index is 307. The quantitative estimate of drug-likeness (QED) is 0.650. The van der Waals surface area contributed by atoms with Crippen LogP contribution >= 0.6 is 0 Å². The minimum absolute atomic E-state index is 0.457. The van der Waals surface area contributed by atoms with Gasteiger partial charge in [-0.3, -0.25) is 4.79 Å². The molecule has 1 aromatic rings. The predicted molar refractivity (Wildman–Crippen MR) is 39.6 cm³/mol. The zero-order valence-electron chi connectivity index (χ0n) is 6.47. The molecule has 0 aliphatic carbocycles. The van der Waals surface area contributed by atoms with Gasteiger partial charge in [0, 0.05) is 6.54 Å². The fraction of sp³-hybridized carbons (Fsp3) is 0.571. The molecule has 1 aliphatic heterocycles. The van der Waals surface area contributed by atoms with Crippen molar-refractivity contribution in [3.05, 3.63) is 12.2 Å². The molecule has 1 aromatic heterocycles. The Hall–Kier alpha value is -1.39. The fourth-order valence-corrected chi connectivity index (χ4v) is 1.52. The van der Waals surface area contributed by atoms with E-state index in [2.05, 4.69) is 10.1 Å². The number of carbonyl (C=O) groups is 1. The molecule has 2 heterocycles. The molecule has 0 amide bonds. The second-order valence-electron chi connectivity index (χ2n) is 2.87. The monoisotopic (exact) mass is 167 g/mol. The average molecular weight is 167 g/mol. The highest BCUT2D eigenvalue weighted by atomic mass is 16.4. The summed E-state index contributed by atoms with van der Waals surface area (Å²) < 4.78 is 1.67. The van der Waals surface area contributed by atoms with Crippen LogP contribution in [-0.4, -0.2) is 25.8 Å². The van der Waals surface area contributed by atoms with Crippen LogP contribution in [0.5, 0.6) is 0 Å². The van der Waals surface area contributed by atoms with Gasteiger partial charge in [-0.2, -0.15) is 5.10 Å². The van der Waals surface area contributed by atoms with E-state index in [1.807, 2.05) is 0 Å². The van der Waals surface area contributed by atoms with Crippen LogP contribution in [0.2, 0.25) is 0 Å². The van der Waals surface area contributed by atoms with Gasteiger partial charge < -0.3 is 5.11 Å². The summed E-state index contributed by atoms with van der Waals surface area (Å²) in [6.07, 6.45) is 2.96. The Morgan fingerprint density at radius 3 is 3.33 bits per heavy atom. The zero-order valence-corrected chi connectivity index (χ0v) is 6.47. The van der Waals surface area contributed by atoms with Gasteiger partial charge in [-0.1, -0.05) is 0 Å². The standard InChI is InChI=1S/C7H9N3O2/c11-7(12)5-2-1-3-10-6(5)8-4-9-10/h4-5H,1-3H2,(H,11,12). The van der Waals surface area contributed by atoms with Crippen molar-refractivity contribution in [3.63, 3.8) is 0 Å². The second-order valence-corrected chi connectivity index (χ2v) is 2.87. The Morgan fingerprint density at radius 1 is 1.75 bits per heavy atom. The largest absolute Gasteiger partial charge is 0.481 e. The predicted octanol–water partition coefficient (Wildman–Crippen LogP) is 0.240. The van der Waals surface area contributed by atoms with E-state index in [0.717, 1.165) is 13.0 Å². The number of hydrogen-bond acceptors (Lipinski definition) is 3. The Labute approximate surface area is 69.0 Å². The van der Waals surface area contributed by atoms with Crippen molar-refractivity contribution in [1.82, 2.24) is 14.8 Å². The van der Waals surface area contributed by atoms with E-state index in [4.69, 9.17) is 5.11 Å². The summed E-state index contributed by atoms with van der Waals surface area (Å²) in [7, 11) is 0. The topological polar surface area (TPSA) is 68.0 Å². The number of carboxylic acid groups (broad SMARTS) is 1. The highest BCUT2D eigenvalue weighted by molar-refractivity contribution is 5.74. The SMILES string of the molecule is O=C(O)C1CCCn2ncnc21. The molecule has 1 aliphatic rings. The summed E-state index contributed by atoms with van der Waals surface area (Å²) in [5, 5.41) is 12.8. The van der Waals surface area contributed by atoms with Gasteiger partial charge >= 0.3 is 5.97 Å². The van der Waals surface area contributed by atoms with Crippen LogP contribution in [0.1, 0.15) is 24.6 Å². The van der Waals surface area contributed by atoms with E-state index in [-0.39, 0.29) is 0 Å². The summed E-state index contributed by atoms with van der Waals surface area (Å²) >= 11 is 0. The van der Waals surface area contributed by atoms with Crippen molar-refractivity contribution in [2.45, 2.75) is 25.3 Å². The maximum absolute atomic E-state index is 10.7. The molecule has 5 heteroatoms. The zero-order chi connectivity index (χ0) is 8.55. The summed E-state index contributed by atoms with van der Waals surface area (Å²) in [6.45, 7) is 0.791. The van der Waals surface area contributed by atoms with Crippen molar-refractivity contribution in [2.75, 3.05) is 0 Å². The van der Waals surface area contributed by atoms with Gasteiger partial charge in [-0.25, -0.2) is 9.67 Å². The molecule has 0 spiro atoms. The van der Waals surface area contributed by atoms with Crippen molar-refractivity contribution in [1.29, 1.82) is 0 Å². The van der Waals surface area contributed by atoms with Crippen LogP contribution in [0.3, 0.4) is 0 Å². The molecular formula is C7H9N3O2. The first-order valence-electron chi connectivity index (χ1n) is 3.89. The number of rotatable bonds is 1.